The Morgan fingerprint density at radius 1 is 1.10 bits per heavy atom. The third-order valence-corrected chi connectivity index (χ3v) is 3.68. The Hall–Kier alpha value is -1.60. The van der Waals surface area contributed by atoms with Crippen LogP contribution in [0.3, 0.4) is 0 Å². The van der Waals surface area contributed by atoms with Gasteiger partial charge in [-0.3, -0.25) is 0 Å². The summed E-state index contributed by atoms with van der Waals surface area (Å²) in [5, 5.41) is 26.2. The number of benzene rings is 2. The Morgan fingerprint density at radius 3 is 2.38 bits per heavy atom. The van der Waals surface area contributed by atoms with E-state index in [0.29, 0.717) is 17.1 Å². The molecule has 0 aliphatic rings. The lowest BCUT2D eigenvalue weighted by Gasteiger charge is -2.10. The van der Waals surface area contributed by atoms with E-state index >= 15 is 0 Å². The first-order valence-electron chi connectivity index (χ1n) is 6.02. The highest BCUT2D eigenvalue weighted by Gasteiger charge is 2.11. The van der Waals surface area contributed by atoms with E-state index in [1.54, 1.807) is 36.4 Å². The van der Waals surface area contributed by atoms with Crippen LogP contribution in [-0.2, 0) is 11.3 Å². The van der Waals surface area contributed by atoms with Crippen LogP contribution in [0.4, 0.5) is 0 Å². The maximum atomic E-state index is 8.74. The quantitative estimate of drug-likeness (QED) is 0.601. The van der Waals surface area contributed by atoms with Gasteiger partial charge in [-0.1, -0.05) is 0 Å². The molecule has 21 heavy (non-hydrogen) atoms. The zero-order valence-corrected chi connectivity index (χ0v) is 13.0. The maximum absolute atomic E-state index is 8.74. The van der Waals surface area contributed by atoms with E-state index in [2.05, 4.69) is 22.6 Å². The molecule has 106 valence electrons. The van der Waals surface area contributed by atoms with Crippen LogP contribution in [0.25, 0.3) is 0 Å². The Bertz CT molecular complexity index is 655. The summed E-state index contributed by atoms with van der Waals surface area (Å²) in [7, 11) is -1.80. The molecule has 0 bridgehead atoms. The summed E-state index contributed by atoms with van der Waals surface area (Å²) in [6, 6.07) is 14.2. The molecule has 0 radical (unpaired) electrons. The molecule has 0 saturated carbocycles. The van der Waals surface area contributed by atoms with Gasteiger partial charge in [-0.15, -0.1) is 0 Å². The lowest BCUT2D eigenvalue weighted by Crippen LogP contribution is -2.16. The van der Waals surface area contributed by atoms with Gasteiger partial charge < -0.3 is 19.4 Å². The van der Waals surface area contributed by atoms with Gasteiger partial charge in [0.1, 0.15) is 11.5 Å². The molecule has 2 rings (SSSR count). The molecule has 0 heterocycles. The van der Waals surface area contributed by atoms with Crippen LogP contribution in [0, 0.1) is 14.9 Å². The molecule has 0 aliphatic carbocycles. The first kappa shape index (κ1) is 15.8. The van der Waals surface area contributed by atoms with Gasteiger partial charge >= 0.3 is 7.32 Å². The van der Waals surface area contributed by atoms with E-state index in [0.717, 1.165) is 9.13 Å². The second-order valence-corrected chi connectivity index (χ2v) is 5.29. The molecule has 0 aliphatic heterocycles. The first-order valence-corrected chi connectivity index (χ1v) is 7.10. The number of hydrogen-bond acceptors (Lipinski definition) is 5. The number of hydrogen-bond donors (Lipinski definition) is 2. The number of rotatable bonds is 5. The molecule has 0 amide bonds. The summed E-state index contributed by atoms with van der Waals surface area (Å²) in [6.45, 7) is 0.0700. The molecule has 0 unspecified atom stereocenters. The molecule has 2 N–H and O–H groups in total. The van der Waals surface area contributed by atoms with Gasteiger partial charge in [0.2, 0.25) is 0 Å². The monoisotopic (exact) mass is 395 g/mol. The number of halogens is 1. The van der Waals surface area contributed by atoms with E-state index in [1.807, 2.05) is 12.1 Å². The normalized spacial score (nSPS) is 10.0. The Labute approximate surface area is 136 Å². The van der Waals surface area contributed by atoms with Gasteiger partial charge in [0.05, 0.1) is 18.2 Å². The molecule has 0 spiro atoms. The fourth-order valence-electron chi connectivity index (χ4n) is 1.62. The predicted octanol–water partition coefficient (Wildman–Crippen LogP) is 2.44. The van der Waals surface area contributed by atoms with Gasteiger partial charge in [0, 0.05) is 3.57 Å². The van der Waals surface area contributed by atoms with Crippen molar-refractivity contribution in [2.75, 3.05) is 0 Å². The van der Waals surface area contributed by atoms with E-state index in [-0.39, 0.29) is 6.61 Å². The zero-order valence-electron chi connectivity index (χ0n) is 10.9. The summed E-state index contributed by atoms with van der Waals surface area (Å²) in [6.07, 6.45) is 0. The van der Waals surface area contributed by atoms with Gasteiger partial charge in [-0.05, 0) is 70.6 Å². The lowest BCUT2D eigenvalue weighted by molar-refractivity contribution is 0.176. The van der Waals surface area contributed by atoms with Crippen LogP contribution in [-0.4, -0.2) is 17.4 Å². The van der Waals surface area contributed by atoms with E-state index in [9.17, 15) is 0 Å². The molecule has 2 aromatic rings. The van der Waals surface area contributed by atoms with Gasteiger partial charge in [-0.25, -0.2) is 0 Å². The van der Waals surface area contributed by atoms with Crippen LogP contribution in [0.5, 0.6) is 11.5 Å². The maximum Gasteiger partial charge on any atom is 0.634 e. The largest absolute Gasteiger partial charge is 0.634 e. The fraction of sp³-hybridized carbons (Fsp3) is 0.0714. The second kappa shape index (κ2) is 7.42. The molecule has 0 aromatic heterocycles. The highest BCUT2D eigenvalue weighted by molar-refractivity contribution is 14.1. The third kappa shape index (κ3) is 4.72. The molecule has 7 heteroatoms. The van der Waals surface area contributed by atoms with Crippen molar-refractivity contribution >= 4 is 29.9 Å². The molecule has 0 atom stereocenters. The average molecular weight is 395 g/mol. The van der Waals surface area contributed by atoms with Crippen LogP contribution in [0.2, 0.25) is 0 Å². The molecule has 2 aromatic carbocycles. The average Bonchev–Trinajstić information content (AvgIpc) is 2.48. The summed E-state index contributed by atoms with van der Waals surface area (Å²) in [5.74, 6) is 1.22. The van der Waals surface area contributed by atoms with Gasteiger partial charge in [0.25, 0.3) is 0 Å². The highest BCUT2D eigenvalue weighted by atomic mass is 127. The fourth-order valence-corrected chi connectivity index (χ4v) is 2.11. The van der Waals surface area contributed by atoms with Gasteiger partial charge in [0.15, 0.2) is 0 Å². The molecule has 0 fully saturated rings. The minimum Gasteiger partial charge on any atom is -0.457 e. The summed E-state index contributed by atoms with van der Waals surface area (Å²) < 4.78 is 11.4. The SMILES string of the molecule is N#Cc1ccc(Oc2ccc(I)c(COB(O)O)c2)cc1. The van der Waals surface area contributed by atoms with Gasteiger partial charge in [-0.2, -0.15) is 5.26 Å². The molecular weight excluding hydrogens is 384 g/mol. The van der Waals surface area contributed by atoms with Crippen molar-refractivity contribution < 1.29 is 19.4 Å². The van der Waals surface area contributed by atoms with E-state index in [4.69, 9.17) is 24.7 Å². The Kier molecular flexibility index (Phi) is 5.58. The highest BCUT2D eigenvalue weighted by Crippen LogP contribution is 2.25. The third-order valence-electron chi connectivity index (χ3n) is 2.62. The second-order valence-electron chi connectivity index (χ2n) is 4.13. The standard InChI is InChI=1S/C14H11BINO4/c16-14-6-5-13(7-11(14)9-20-15(18)19)21-12-3-1-10(8-17)2-4-12/h1-7,18-19H,9H2. The summed E-state index contributed by atoms with van der Waals surface area (Å²) in [4.78, 5) is 0. The minimum atomic E-state index is -1.80. The summed E-state index contributed by atoms with van der Waals surface area (Å²) >= 11 is 2.13. The van der Waals surface area contributed by atoms with Crippen molar-refractivity contribution in [3.05, 3.63) is 57.2 Å². The predicted molar refractivity (Wildman–Crippen MR) is 85.4 cm³/mol. The number of nitriles is 1. The molecular formula is C14H11BINO4. The topological polar surface area (TPSA) is 82.7 Å². The van der Waals surface area contributed by atoms with Crippen molar-refractivity contribution in [2.45, 2.75) is 6.61 Å². The van der Waals surface area contributed by atoms with Crippen molar-refractivity contribution in [1.82, 2.24) is 0 Å². The van der Waals surface area contributed by atoms with E-state index < -0.39 is 7.32 Å². The number of nitrogens with zero attached hydrogens (tertiary/aromatic N) is 1. The smallest absolute Gasteiger partial charge is 0.457 e. The van der Waals surface area contributed by atoms with Crippen LogP contribution in [0.1, 0.15) is 11.1 Å². The van der Waals surface area contributed by atoms with Crippen molar-refractivity contribution in [3.63, 3.8) is 0 Å². The summed E-state index contributed by atoms with van der Waals surface area (Å²) in [5.41, 5.74) is 1.35. The van der Waals surface area contributed by atoms with Crippen molar-refractivity contribution in [1.29, 1.82) is 5.26 Å². The minimum absolute atomic E-state index is 0.0700. The lowest BCUT2D eigenvalue weighted by atomic mass is 10.2. The zero-order chi connectivity index (χ0) is 15.2. The van der Waals surface area contributed by atoms with Crippen molar-refractivity contribution in [2.24, 2.45) is 0 Å². The van der Waals surface area contributed by atoms with Crippen LogP contribution in [0.15, 0.2) is 42.5 Å². The first-order chi connectivity index (χ1) is 10.1. The number of ether oxygens (including phenoxy) is 1. The van der Waals surface area contributed by atoms with Crippen LogP contribution >= 0.6 is 22.6 Å². The molecule has 0 saturated heterocycles. The molecule has 5 nitrogen and oxygen atoms in total. The van der Waals surface area contributed by atoms with Crippen molar-refractivity contribution in [3.8, 4) is 17.6 Å². The van der Waals surface area contributed by atoms with E-state index in [1.165, 1.54) is 0 Å². The van der Waals surface area contributed by atoms with Crippen LogP contribution < -0.4 is 4.74 Å². The Morgan fingerprint density at radius 2 is 1.76 bits per heavy atom. The Balaban J connectivity index is 2.12.